The molecule has 8 heteroatoms. The lowest BCUT2D eigenvalue weighted by Crippen LogP contribution is -1.88. The third-order valence-corrected chi connectivity index (χ3v) is 3.47. The molecule has 0 atom stereocenters. The molecule has 0 aliphatic rings. The molecule has 3 aromatic rings. The molecule has 0 aliphatic carbocycles. The van der Waals surface area contributed by atoms with Crippen LogP contribution in [0.4, 0.5) is 28.4 Å². The van der Waals surface area contributed by atoms with Crippen molar-refractivity contribution in [1.82, 2.24) is 0 Å². The quantitative estimate of drug-likeness (QED) is 0.333. The zero-order chi connectivity index (χ0) is 18.5. The number of nitrogens with zero attached hydrogens (tertiary/aromatic N) is 3. The summed E-state index contributed by atoms with van der Waals surface area (Å²) in [5.41, 5.74) is 1.40. The second-order valence-corrected chi connectivity index (χ2v) is 5.32. The summed E-state index contributed by atoms with van der Waals surface area (Å²) in [6.07, 6.45) is 0. The van der Waals surface area contributed by atoms with Gasteiger partial charge in [-0.15, -0.1) is 10.2 Å². The molecular weight excluding hydrogens is 336 g/mol. The largest absolute Gasteiger partial charge is 0.506 e. The lowest BCUT2D eigenvalue weighted by atomic mass is 10.2. The van der Waals surface area contributed by atoms with Crippen molar-refractivity contribution in [3.05, 3.63) is 76.8 Å². The standard InChI is InChI=1S/C18H14N4O4/c23-17-9-7-14(22(25)26)11-16(17)21-20-15-8-6-13(10-18(15)24)19-12-4-2-1-3-5-12/h1-11,19,23-24H. The molecule has 0 aliphatic heterocycles. The van der Waals surface area contributed by atoms with E-state index in [4.69, 9.17) is 0 Å². The Labute approximate surface area is 148 Å². The fourth-order valence-corrected chi connectivity index (χ4v) is 2.19. The average molecular weight is 350 g/mol. The van der Waals surface area contributed by atoms with Gasteiger partial charge < -0.3 is 15.5 Å². The highest BCUT2D eigenvalue weighted by molar-refractivity contribution is 5.66. The second-order valence-electron chi connectivity index (χ2n) is 5.32. The Morgan fingerprint density at radius 3 is 2.23 bits per heavy atom. The topological polar surface area (TPSA) is 120 Å². The lowest BCUT2D eigenvalue weighted by molar-refractivity contribution is -0.384. The zero-order valence-electron chi connectivity index (χ0n) is 13.4. The Morgan fingerprint density at radius 1 is 0.808 bits per heavy atom. The molecule has 130 valence electrons. The minimum absolute atomic E-state index is 0.0647. The van der Waals surface area contributed by atoms with Gasteiger partial charge in [-0.1, -0.05) is 18.2 Å². The molecule has 0 radical (unpaired) electrons. The van der Waals surface area contributed by atoms with Gasteiger partial charge in [0.05, 0.1) is 4.92 Å². The summed E-state index contributed by atoms with van der Waals surface area (Å²) in [6, 6.07) is 17.6. The highest BCUT2D eigenvalue weighted by atomic mass is 16.6. The molecule has 0 fully saturated rings. The molecule has 0 heterocycles. The predicted molar refractivity (Wildman–Crippen MR) is 96.8 cm³/mol. The number of hydrogen-bond donors (Lipinski definition) is 3. The second kappa shape index (κ2) is 7.31. The number of nitro groups is 1. The molecular formula is C18H14N4O4. The Kier molecular flexibility index (Phi) is 4.75. The molecule has 0 saturated heterocycles. The number of phenols is 2. The fourth-order valence-electron chi connectivity index (χ4n) is 2.19. The maximum absolute atomic E-state index is 10.8. The van der Waals surface area contributed by atoms with Crippen LogP contribution < -0.4 is 5.32 Å². The van der Waals surface area contributed by atoms with Crippen molar-refractivity contribution in [3.63, 3.8) is 0 Å². The number of aromatic hydroxyl groups is 2. The molecule has 0 aromatic heterocycles. The molecule has 8 nitrogen and oxygen atoms in total. The van der Waals surface area contributed by atoms with Gasteiger partial charge in [0.2, 0.25) is 0 Å². The number of hydrogen-bond acceptors (Lipinski definition) is 7. The number of nitro benzene ring substituents is 1. The first-order valence-electron chi connectivity index (χ1n) is 7.57. The number of nitrogens with one attached hydrogen (secondary N) is 1. The van der Waals surface area contributed by atoms with Gasteiger partial charge in [0.1, 0.15) is 22.9 Å². The summed E-state index contributed by atoms with van der Waals surface area (Å²) in [6.45, 7) is 0. The normalized spacial score (nSPS) is 10.8. The van der Waals surface area contributed by atoms with Gasteiger partial charge in [-0.3, -0.25) is 10.1 Å². The molecule has 0 bridgehead atoms. The number of phenolic OH excluding ortho intramolecular Hbond substituents is 2. The zero-order valence-corrected chi connectivity index (χ0v) is 13.4. The van der Waals surface area contributed by atoms with E-state index in [-0.39, 0.29) is 28.6 Å². The summed E-state index contributed by atoms with van der Waals surface area (Å²) >= 11 is 0. The number of non-ortho nitro benzene ring substituents is 1. The van der Waals surface area contributed by atoms with Gasteiger partial charge in [0.15, 0.2) is 0 Å². The summed E-state index contributed by atoms with van der Waals surface area (Å²) in [5, 5.41) is 41.4. The van der Waals surface area contributed by atoms with E-state index in [1.165, 1.54) is 12.1 Å². The summed E-state index contributed by atoms with van der Waals surface area (Å²) in [5.74, 6) is -0.374. The van der Waals surface area contributed by atoms with Crippen LogP contribution in [-0.2, 0) is 0 Å². The average Bonchev–Trinajstić information content (AvgIpc) is 2.63. The van der Waals surface area contributed by atoms with Gasteiger partial charge in [-0.05, 0) is 30.3 Å². The van der Waals surface area contributed by atoms with E-state index < -0.39 is 4.92 Å². The predicted octanol–water partition coefficient (Wildman–Crippen LogP) is 5.17. The number of para-hydroxylation sites is 1. The van der Waals surface area contributed by atoms with E-state index in [0.29, 0.717) is 5.69 Å². The van der Waals surface area contributed by atoms with Crippen LogP contribution in [0.25, 0.3) is 0 Å². The maximum atomic E-state index is 10.8. The number of anilines is 2. The molecule has 3 aromatic carbocycles. The summed E-state index contributed by atoms with van der Waals surface area (Å²) < 4.78 is 0. The highest BCUT2D eigenvalue weighted by Gasteiger charge is 2.10. The monoisotopic (exact) mass is 350 g/mol. The van der Waals surface area contributed by atoms with Crippen molar-refractivity contribution in [2.45, 2.75) is 0 Å². The first kappa shape index (κ1) is 16.9. The van der Waals surface area contributed by atoms with Crippen LogP contribution >= 0.6 is 0 Å². The fraction of sp³-hybridized carbons (Fsp3) is 0. The van der Waals surface area contributed by atoms with Crippen molar-refractivity contribution >= 4 is 28.4 Å². The number of benzene rings is 3. The van der Waals surface area contributed by atoms with Crippen LogP contribution in [0, 0.1) is 10.1 Å². The summed E-state index contributed by atoms with van der Waals surface area (Å²) in [4.78, 5) is 10.2. The Bertz CT molecular complexity index is 974. The van der Waals surface area contributed by atoms with Crippen molar-refractivity contribution in [2.24, 2.45) is 10.2 Å². The van der Waals surface area contributed by atoms with Crippen molar-refractivity contribution in [1.29, 1.82) is 0 Å². The van der Waals surface area contributed by atoms with Gasteiger partial charge in [0, 0.05) is 29.6 Å². The Balaban J connectivity index is 1.81. The van der Waals surface area contributed by atoms with Crippen LogP contribution in [0.5, 0.6) is 11.5 Å². The highest BCUT2D eigenvalue weighted by Crippen LogP contribution is 2.35. The number of azo groups is 1. The van der Waals surface area contributed by atoms with Crippen molar-refractivity contribution in [3.8, 4) is 11.5 Å². The van der Waals surface area contributed by atoms with E-state index in [0.717, 1.165) is 17.8 Å². The van der Waals surface area contributed by atoms with Gasteiger partial charge in [-0.25, -0.2) is 0 Å². The molecule has 3 rings (SSSR count). The minimum Gasteiger partial charge on any atom is -0.506 e. The number of rotatable bonds is 5. The molecule has 3 N–H and O–H groups in total. The van der Waals surface area contributed by atoms with Gasteiger partial charge >= 0.3 is 0 Å². The van der Waals surface area contributed by atoms with Gasteiger partial charge in [0.25, 0.3) is 5.69 Å². The lowest BCUT2D eigenvalue weighted by Gasteiger charge is -2.07. The summed E-state index contributed by atoms with van der Waals surface area (Å²) in [7, 11) is 0. The van der Waals surface area contributed by atoms with Crippen molar-refractivity contribution in [2.75, 3.05) is 5.32 Å². The molecule has 26 heavy (non-hydrogen) atoms. The first-order valence-corrected chi connectivity index (χ1v) is 7.57. The Morgan fingerprint density at radius 2 is 1.54 bits per heavy atom. The van der Waals surface area contributed by atoms with Gasteiger partial charge in [-0.2, -0.15) is 0 Å². The third-order valence-electron chi connectivity index (χ3n) is 3.47. The van der Waals surface area contributed by atoms with E-state index >= 15 is 0 Å². The first-order chi connectivity index (χ1) is 12.5. The third kappa shape index (κ3) is 3.93. The van der Waals surface area contributed by atoms with E-state index in [1.54, 1.807) is 12.1 Å². The van der Waals surface area contributed by atoms with E-state index in [1.807, 2.05) is 30.3 Å². The molecule has 0 unspecified atom stereocenters. The molecule has 0 amide bonds. The molecule has 0 saturated carbocycles. The van der Waals surface area contributed by atoms with Crippen LogP contribution in [0.2, 0.25) is 0 Å². The smallest absolute Gasteiger partial charge is 0.271 e. The van der Waals surface area contributed by atoms with E-state index in [9.17, 15) is 20.3 Å². The SMILES string of the molecule is O=[N+]([O-])c1ccc(O)c(N=Nc2ccc(Nc3ccccc3)cc2O)c1. The maximum Gasteiger partial charge on any atom is 0.271 e. The van der Waals surface area contributed by atoms with Crippen molar-refractivity contribution < 1.29 is 15.1 Å². The van der Waals surface area contributed by atoms with Crippen LogP contribution in [0.3, 0.4) is 0 Å². The van der Waals surface area contributed by atoms with Crippen LogP contribution in [0.15, 0.2) is 77.0 Å². The molecule has 0 spiro atoms. The van der Waals surface area contributed by atoms with Crippen LogP contribution in [0.1, 0.15) is 0 Å². The Hall–Kier alpha value is -3.94. The minimum atomic E-state index is -0.597. The van der Waals surface area contributed by atoms with Crippen LogP contribution in [-0.4, -0.2) is 15.1 Å². The van der Waals surface area contributed by atoms with E-state index in [2.05, 4.69) is 15.5 Å².